The highest BCUT2D eigenvalue weighted by Gasteiger charge is 2.27. The second-order valence-electron chi connectivity index (χ2n) is 6.65. The molecule has 8 nitrogen and oxygen atoms in total. The lowest BCUT2D eigenvalue weighted by Crippen LogP contribution is -2.41. The Morgan fingerprint density at radius 1 is 1.23 bits per heavy atom. The summed E-state index contributed by atoms with van der Waals surface area (Å²) in [5.41, 5.74) is 1.90. The molecule has 1 aliphatic rings. The molecular formula is C22H20N4O4. The van der Waals surface area contributed by atoms with Crippen LogP contribution in [0.4, 0.5) is 11.5 Å². The fourth-order valence-corrected chi connectivity index (χ4v) is 3.16. The Kier molecular flexibility index (Phi) is 5.56. The molecule has 8 heteroatoms. The summed E-state index contributed by atoms with van der Waals surface area (Å²) < 4.78 is 10.5. The largest absolute Gasteiger partial charge is 0.497 e. The number of ether oxygens (including phenoxy) is 1. The maximum absolute atomic E-state index is 13.1. The van der Waals surface area contributed by atoms with E-state index in [1.54, 1.807) is 37.6 Å². The molecule has 152 valence electrons. The second kappa shape index (κ2) is 8.60. The van der Waals surface area contributed by atoms with Crippen LogP contribution in [0, 0.1) is 0 Å². The number of methoxy groups -OCH3 is 1. The number of nitrogens with one attached hydrogen (secondary N) is 1. The molecule has 1 N–H and O–H groups in total. The van der Waals surface area contributed by atoms with Gasteiger partial charge in [-0.05, 0) is 36.4 Å². The van der Waals surface area contributed by atoms with Crippen molar-refractivity contribution in [3.63, 3.8) is 0 Å². The van der Waals surface area contributed by atoms with E-state index in [1.807, 2.05) is 24.3 Å². The number of furan rings is 1. The number of amides is 2. The van der Waals surface area contributed by atoms with Crippen molar-refractivity contribution in [2.75, 3.05) is 18.6 Å². The topological polar surface area (TPSA) is 97.0 Å². The number of hydrogen-bond acceptors (Lipinski definition) is 6. The van der Waals surface area contributed by atoms with Crippen molar-refractivity contribution in [2.45, 2.75) is 13.0 Å². The average molecular weight is 404 g/mol. The van der Waals surface area contributed by atoms with Gasteiger partial charge in [0.15, 0.2) is 5.82 Å². The van der Waals surface area contributed by atoms with Gasteiger partial charge in [-0.25, -0.2) is 9.98 Å². The maximum atomic E-state index is 13.1. The number of carbonyl (C=O) groups is 2. The van der Waals surface area contributed by atoms with Gasteiger partial charge in [0.05, 0.1) is 32.1 Å². The molecule has 0 saturated carbocycles. The molecule has 1 aliphatic heterocycles. The van der Waals surface area contributed by atoms with Crippen molar-refractivity contribution < 1.29 is 18.7 Å². The van der Waals surface area contributed by atoms with E-state index in [0.29, 0.717) is 28.7 Å². The third-order valence-corrected chi connectivity index (χ3v) is 4.64. The zero-order valence-corrected chi connectivity index (χ0v) is 16.4. The third-order valence-electron chi connectivity index (χ3n) is 4.64. The van der Waals surface area contributed by atoms with Crippen LogP contribution >= 0.6 is 0 Å². The minimum Gasteiger partial charge on any atom is -0.497 e. The van der Waals surface area contributed by atoms with Gasteiger partial charge in [-0.1, -0.05) is 12.1 Å². The molecule has 0 fully saturated rings. The SMILES string of the molecule is COc1cccc(C2=Nc3cccnc3N(CC(=O)NCc3ccco3)C(=O)C2)c1. The molecule has 2 aromatic heterocycles. The Morgan fingerprint density at radius 3 is 2.93 bits per heavy atom. The fourth-order valence-electron chi connectivity index (χ4n) is 3.16. The number of fused-ring (bicyclic) bond motifs is 1. The van der Waals surface area contributed by atoms with E-state index in [9.17, 15) is 9.59 Å². The van der Waals surface area contributed by atoms with Gasteiger partial charge in [-0.15, -0.1) is 0 Å². The Labute approximate surface area is 173 Å². The summed E-state index contributed by atoms with van der Waals surface area (Å²) in [6.45, 7) is 0.0823. The molecule has 3 aromatic rings. The minimum atomic E-state index is -0.318. The summed E-state index contributed by atoms with van der Waals surface area (Å²) in [5, 5.41) is 2.75. The molecule has 0 unspecified atom stereocenters. The van der Waals surface area contributed by atoms with Gasteiger partial charge < -0.3 is 14.5 Å². The predicted molar refractivity (Wildman–Crippen MR) is 111 cm³/mol. The lowest BCUT2D eigenvalue weighted by molar-refractivity contribution is -0.123. The molecule has 1 aromatic carbocycles. The van der Waals surface area contributed by atoms with E-state index in [4.69, 9.17) is 9.15 Å². The zero-order chi connectivity index (χ0) is 20.9. The van der Waals surface area contributed by atoms with E-state index < -0.39 is 0 Å². The number of pyridine rings is 1. The number of carbonyl (C=O) groups excluding carboxylic acids is 2. The van der Waals surface area contributed by atoms with Crippen molar-refractivity contribution in [1.82, 2.24) is 10.3 Å². The van der Waals surface area contributed by atoms with Gasteiger partial charge in [-0.3, -0.25) is 14.5 Å². The molecule has 30 heavy (non-hydrogen) atoms. The molecule has 0 spiro atoms. The van der Waals surface area contributed by atoms with Crippen LogP contribution in [0.15, 0.2) is 70.4 Å². The van der Waals surface area contributed by atoms with Gasteiger partial charge in [0.25, 0.3) is 0 Å². The molecule has 3 heterocycles. The molecule has 4 rings (SSSR count). The Bertz CT molecular complexity index is 1090. The predicted octanol–water partition coefficient (Wildman–Crippen LogP) is 2.86. The molecule has 0 aliphatic carbocycles. The number of nitrogens with zero attached hydrogens (tertiary/aromatic N) is 3. The van der Waals surface area contributed by atoms with Gasteiger partial charge in [-0.2, -0.15) is 0 Å². The number of aromatic nitrogens is 1. The van der Waals surface area contributed by atoms with E-state index in [-0.39, 0.29) is 31.3 Å². The highest BCUT2D eigenvalue weighted by Crippen LogP contribution is 2.31. The van der Waals surface area contributed by atoms with Crippen LogP contribution in [0.3, 0.4) is 0 Å². The minimum absolute atomic E-state index is 0.0367. The van der Waals surface area contributed by atoms with Crippen LogP contribution in [-0.2, 0) is 16.1 Å². The van der Waals surface area contributed by atoms with Gasteiger partial charge in [0.2, 0.25) is 11.8 Å². The summed E-state index contributed by atoms with van der Waals surface area (Å²) in [5.74, 6) is 1.08. The third kappa shape index (κ3) is 4.22. The van der Waals surface area contributed by atoms with Gasteiger partial charge >= 0.3 is 0 Å². The molecule has 0 atom stereocenters. The van der Waals surface area contributed by atoms with Crippen molar-refractivity contribution >= 4 is 29.0 Å². The molecule has 0 bridgehead atoms. The highest BCUT2D eigenvalue weighted by molar-refractivity contribution is 6.18. The molecule has 2 amide bonds. The lowest BCUT2D eigenvalue weighted by atomic mass is 10.1. The van der Waals surface area contributed by atoms with Crippen molar-refractivity contribution in [3.05, 3.63) is 72.3 Å². The zero-order valence-electron chi connectivity index (χ0n) is 16.4. The van der Waals surface area contributed by atoms with Crippen LogP contribution in [-0.4, -0.2) is 36.2 Å². The van der Waals surface area contributed by atoms with E-state index >= 15 is 0 Å². The first kappa shape index (κ1) is 19.4. The Morgan fingerprint density at radius 2 is 2.13 bits per heavy atom. The summed E-state index contributed by atoms with van der Waals surface area (Å²) in [7, 11) is 1.58. The summed E-state index contributed by atoms with van der Waals surface area (Å²) in [6, 6.07) is 14.4. The van der Waals surface area contributed by atoms with Crippen LogP contribution in [0.1, 0.15) is 17.7 Å². The number of rotatable bonds is 6. The van der Waals surface area contributed by atoms with E-state index in [1.165, 1.54) is 11.2 Å². The van der Waals surface area contributed by atoms with E-state index in [2.05, 4.69) is 15.3 Å². The monoisotopic (exact) mass is 404 g/mol. The van der Waals surface area contributed by atoms with Crippen molar-refractivity contribution in [3.8, 4) is 5.75 Å². The lowest BCUT2D eigenvalue weighted by Gasteiger charge is -2.20. The van der Waals surface area contributed by atoms with Crippen LogP contribution in [0.5, 0.6) is 5.75 Å². The Hall–Kier alpha value is -3.94. The first-order chi connectivity index (χ1) is 14.6. The van der Waals surface area contributed by atoms with Crippen LogP contribution < -0.4 is 15.0 Å². The summed E-state index contributed by atoms with van der Waals surface area (Å²) in [4.78, 5) is 35.9. The van der Waals surface area contributed by atoms with E-state index in [0.717, 1.165) is 5.56 Å². The Balaban J connectivity index is 1.58. The number of anilines is 1. The number of hydrogen-bond donors (Lipinski definition) is 1. The smallest absolute Gasteiger partial charge is 0.240 e. The first-order valence-corrected chi connectivity index (χ1v) is 9.40. The highest BCUT2D eigenvalue weighted by atomic mass is 16.5. The quantitative estimate of drug-likeness (QED) is 0.681. The number of aliphatic imine (C=N–C) groups is 1. The molecule has 0 radical (unpaired) electrons. The van der Waals surface area contributed by atoms with Crippen molar-refractivity contribution in [1.29, 1.82) is 0 Å². The number of benzene rings is 1. The van der Waals surface area contributed by atoms with Gasteiger partial charge in [0.1, 0.15) is 23.7 Å². The normalized spacial score (nSPS) is 13.3. The fraction of sp³-hybridized carbons (Fsp3) is 0.182. The van der Waals surface area contributed by atoms with Crippen LogP contribution in [0.2, 0.25) is 0 Å². The maximum Gasteiger partial charge on any atom is 0.240 e. The summed E-state index contributed by atoms with van der Waals surface area (Å²) in [6.07, 6.45) is 3.15. The van der Waals surface area contributed by atoms with Crippen molar-refractivity contribution in [2.24, 2.45) is 4.99 Å². The van der Waals surface area contributed by atoms with Crippen LogP contribution in [0.25, 0.3) is 0 Å². The summed E-state index contributed by atoms with van der Waals surface area (Å²) >= 11 is 0. The second-order valence-corrected chi connectivity index (χ2v) is 6.65. The molecule has 0 saturated heterocycles. The molecular weight excluding hydrogens is 384 g/mol. The first-order valence-electron chi connectivity index (χ1n) is 9.40. The standard InChI is InChI=1S/C22H20N4O4/c1-29-16-6-2-5-15(11-16)19-12-21(28)26(22-18(25-19)8-3-9-23-22)14-20(27)24-13-17-7-4-10-30-17/h2-11H,12-14H2,1H3,(H,24,27). The average Bonchev–Trinajstić information content (AvgIpc) is 3.25. The van der Waals surface area contributed by atoms with Gasteiger partial charge in [0, 0.05) is 11.8 Å².